The van der Waals surface area contributed by atoms with Gasteiger partial charge in [-0.05, 0) is 36.3 Å². The summed E-state index contributed by atoms with van der Waals surface area (Å²) in [5.74, 6) is -0.114. The first-order chi connectivity index (χ1) is 9.75. The van der Waals surface area contributed by atoms with Gasteiger partial charge >= 0.3 is 5.97 Å². The summed E-state index contributed by atoms with van der Waals surface area (Å²) in [6.45, 7) is 0.983. The number of aromatic carboxylic acids is 1. The highest BCUT2D eigenvalue weighted by Crippen LogP contribution is 2.29. The van der Waals surface area contributed by atoms with Crippen molar-refractivity contribution in [2.75, 3.05) is 11.9 Å². The van der Waals surface area contributed by atoms with Crippen LogP contribution in [0.15, 0.2) is 36.4 Å². The number of rotatable bonds is 4. The van der Waals surface area contributed by atoms with Crippen molar-refractivity contribution >= 4 is 22.4 Å². The maximum Gasteiger partial charge on any atom is 0.336 e. The molecule has 0 saturated heterocycles. The zero-order valence-electron chi connectivity index (χ0n) is 11.4. The molecule has 2 aromatic carbocycles. The van der Waals surface area contributed by atoms with E-state index in [-0.39, 0.29) is 0 Å². The van der Waals surface area contributed by atoms with Crippen LogP contribution in [-0.4, -0.2) is 17.6 Å². The topological polar surface area (TPSA) is 49.3 Å². The van der Waals surface area contributed by atoms with Gasteiger partial charge in [0.05, 0.1) is 5.56 Å². The van der Waals surface area contributed by atoms with Gasteiger partial charge in [0.1, 0.15) is 0 Å². The summed E-state index contributed by atoms with van der Waals surface area (Å²) in [6.07, 6.45) is 5.28. The lowest BCUT2D eigenvalue weighted by molar-refractivity contribution is 0.0699. The smallest absolute Gasteiger partial charge is 0.336 e. The molecule has 2 aromatic rings. The minimum atomic E-state index is -0.872. The predicted molar refractivity (Wildman–Crippen MR) is 81.4 cm³/mol. The van der Waals surface area contributed by atoms with Crippen LogP contribution in [0.4, 0.5) is 5.69 Å². The van der Waals surface area contributed by atoms with Gasteiger partial charge < -0.3 is 10.4 Å². The van der Waals surface area contributed by atoms with Crippen LogP contribution in [-0.2, 0) is 0 Å². The lowest BCUT2D eigenvalue weighted by atomic mass is 10.0. The van der Waals surface area contributed by atoms with Crippen molar-refractivity contribution in [3.63, 3.8) is 0 Å². The van der Waals surface area contributed by atoms with Crippen molar-refractivity contribution in [2.45, 2.75) is 25.7 Å². The first-order valence-corrected chi connectivity index (χ1v) is 7.24. The van der Waals surface area contributed by atoms with E-state index < -0.39 is 5.97 Å². The maximum atomic E-state index is 11.3. The molecule has 0 spiro atoms. The molecule has 0 bridgehead atoms. The Morgan fingerprint density at radius 3 is 2.50 bits per heavy atom. The van der Waals surface area contributed by atoms with Crippen LogP contribution in [0.1, 0.15) is 36.0 Å². The van der Waals surface area contributed by atoms with E-state index in [2.05, 4.69) is 5.32 Å². The standard InChI is InChI=1S/C17H19NO2/c19-17(20)15-9-10-16(14-8-4-3-7-13(14)15)18-11-12-5-1-2-6-12/h3-4,7-10,12,18H,1-2,5-6,11H2,(H,19,20). The molecule has 0 aromatic heterocycles. The largest absolute Gasteiger partial charge is 0.478 e. The number of anilines is 1. The molecule has 3 heteroatoms. The van der Waals surface area contributed by atoms with Crippen molar-refractivity contribution in [3.05, 3.63) is 42.0 Å². The number of benzene rings is 2. The lowest BCUT2D eigenvalue weighted by Crippen LogP contribution is -2.11. The summed E-state index contributed by atoms with van der Waals surface area (Å²) in [7, 11) is 0. The molecule has 0 radical (unpaired) electrons. The van der Waals surface area contributed by atoms with E-state index in [1.165, 1.54) is 25.7 Å². The van der Waals surface area contributed by atoms with Crippen molar-refractivity contribution < 1.29 is 9.90 Å². The molecule has 1 aliphatic rings. The van der Waals surface area contributed by atoms with Gasteiger partial charge in [0.15, 0.2) is 0 Å². The van der Waals surface area contributed by atoms with Crippen LogP contribution in [0, 0.1) is 5.92 Å². The Hall–Kier alpha value is -2.03. The van der Waals surface area contributed by atoms with Gasteiger partial charge in [-0.2, -0.15) is 0 Å². The molecule has 0 aliphatic heterocycles. The second kappa shape index (κ2) is 5.53. The summed E-state index contributed by atoms with van der Waals surface area (Å²) in [4.78, 5) is 11.3. The van der Waals surface area contributed by atoms with Crippen LogP contribution in [0.2, 0.25) is 0 Å². The summed E-state index contributed by atoms with van der Waals surface area (Å²) in [5.41, 5.74) is 1.41. The molecule has 0 amide bonds. The number of hydrogen-bond donors (Lipinski definition) is 2. The third-order valence-electron chi connectivity index (χ3n) is 4.21. The molecule has 1 saturated carbocycles. The monoisotopic (exact) mass is 269 g/mol. The van der Waals surface area contributed by atoms with Gasteiger partial charge in [-0.25, -0.2) is 4.79 Å². The van der Waals surface area contributed by atoms with E-state index in [1.807, 2.05) is 30.3 Å². The quantitative estimate of drug-likeness (QED) is 0.877. The fourth-order valence-corrected chi connectivity index (χ4v) is 3.11. The van der Waals surface area contributed by atoms with E-state index in [0.29, 0.717) is 5.56 Å². The van der Waals surface area contributed by atoms with E-state index >= 15 is 0 Å². The normalized spacial score (nSPS) is 15.6. The number of carboxylic acids is 1. The Labute approximate surface area is 118 Å². The highest BCUT2D eigenvalue weighted by Gasteiger charge is 2.15. The first kappa shape index (κ1) is 13.0. The minimum Gasteiger partial charge on any atom is -0.478 e. The van der Waals surface area contributed by atoms with Crippen LogP contribution in [0.25, 0.3) is 10.8 Å². The summed E-state index contributed by atoms with van der Waals surface area (Å²) in [5, 5.41) is 14.6. The lowest BCUT2D eigenvalue weighted by Gasteiger charge is -2.14. The highest BCUT2D eigenvalue weighted by atomic mass is 16.4. The molecule has 3 rings (SSSR count). The third kappa shape index (κ3) is 2.48. The number of carboxylic acid groups (broad SMARTS) is 1. The fraction of sp³-hybridized carbons (Fsp3) is 0.353. The SMILES string of the molecule is O=C(O)c1ccc(NCC2CCCC2)c2ccccc12. The molecule has 2 N–H and O–H groups in total. The van der Waals surface area contributed by atoms with Crippen LogP contribution >= 0.6 is 0 Å². The van der Waals surface area contributed by atoms with Crippen LogP contribution in [0.3, 0.4) is 0 Å². The Morgan fingerprint density at radius 1 is 1.10 bits per heavy atom. The van der Waals surface area contributed by atoms with Crippen LogP contribution in [0.5, 0.6) is 0 Å². The Kier molecular flexibility index (Phi) is 3.59. The predicted octanol–water partition coefficient (Wildman–Crippen LogP) is 4.14. The van der Waals surface area contributed by atoms with Crippen molar-refractivity contribution in [1.82, 2.24) is 0 Å². The maximum absolute atomic E-state index is 11.3. The number of hydrogen-bond acceptors (Lipinski definition) is 2. The second-order valence-corrected chi connectivity index (χ2v) is 5.54. The van der Waals surface area contributed by atoms with E-state index in [0.717, 1.165) is 28.9 Å². The van der Waals surface area contributed by atoms with Crippen molar-refractivity contribution in [2.24, 2.45) is 5.92 Å². The number of fused-ring (bicyclic) bond motifs is 1. The molecule has 104 valence electrons. The van der Waals surface area contributed by atoms with Gasteiger partial charge in [-0.3, -0.25) is 0 Å². The van der Waals surface area contributed by atoms with E-state index in [9.17, 15) is 9.90 Å². The van der Waals surface area contributed by atoms with Gasteiger partial charge in [0.2, 0.25) is 0 Å². The molecular formula is C17H19NO2. The van der Waals surface area contributed by atoms with Gasteiger partial charge in [0.25, 0.3) is 0 Å². The van der Waals surface area contributed by atoms with Crippen LogP contribution < -0.4 is 5.32 Å². The zero-order valence-corrected chi connectivity index (χ0v) is 11.4. The van der Waals surface area contributed by atoms with Crippen molar-refractivity contribution in [1.29, 1.82) is 0 Å². The molecule has 3 nitrogen and oxygen atoms in total. The third-order valence-corrected chi connectivity index (χ3v) is 4.21. The van der Waals surface area contributed by atoms with Gasteiger partial charge in [0, 0.05) is 17.6 Å². The average molecular weight is 269 g/mol. The summed E-state index contributed by atoms with van der Waals surface area (Å²) < 4.78 is 0. The van der Waals surface area contributed by atoms with Gasteiger partial charge in [-0.1, -0.05) is 37.1 Å². The fourth-order valence-electron chi connectivity index (χ4n) is 3.11. The Bertz CT molecular complexity index is 630. The summed E-state index contributed by atoms with van der Waals surface area (Å²) in [6, 6.07) is 11.3. The molecule has 1 fully saturated rings. The average Bonchev–Trinajstić information content (AvgIpc) is 2.97. The highest BCUT2D eigenvalue weighted by molar-refractivity contribution is 6.07. The molecule has 0 heterocycles. The first-order valence-electron chi connectivity index (χ1n) is 7.24. The zero-order chi connectivity index (χ0) is 13.9. The summed E-state index contributed by atoms with van der Waals surface area (Å²) >= 11 is 0. The molecule has 0 atom stereocenters. The van der Waals surface area contributed by atoms with Gasteiger partial charge in [-0.15, -0.1) is 0 Å². The van der Waals surface area contributed by atoms with Crippen molar-refractivity contribution in [3.8, 4) is 0 Å². The number of nitrogens with one attached hydrogen (secondary N) is 1. The van der Waals surface area contributed by atoms with E-state index in [4.69, 9.17) is 0 Å². The minimum absolute atomic E-state index is 0.368. The molecule has 1 aliphatic carbocycles. The Morgan fingerprint density at radius 2 is 1.80 bits per heavy atom. The molecule has 20 heavy (non-hydrogen) atoms. The second-order valence-electron chi connectivity index (χ2n) is 5.54. The van der Waals surface area contributed by atoms with E-state index in [1.54, 1.807) is 6.07 Å². The Balaban J connectivity index is 1.91. The molecular weight excluding hydrogens is 250 g/mol. The molecule has 0 unspecified atom stereocenters. The number of carbonyl (C=O) groups is 1.